The number of methoxy groups -OCH3 is 1. The van der Waals surface area contributed by atoms with E-state index >= 15 is 0 Å². The molecule has 0 radical (unpaired) electrons. The Balaban J connectivity index is 2.99. The predicted octanol–water partition coefficient (Wildman–Crippen LogP) is 4.48. The van der Waals surface area contributed by atoms with Gasteiger partial charge in [-0.25, -0.2) is 0 Å². The highest BCUT2D eigenvalue weighted by atomic mass is 16.6. The lowest BCUT2D eigenvalue weighted by atomic mass is 9.95. The Hall–Kier alpha value is -1.78. The summed E-state index contributed by atoms with van der Waals surface area (Å²) in [6, 6.07) is 4.93. The molecule has 0 aliphatic carbocycles. The van der Waals surface area contributed by atoms with Gasteiger partial charge >= 0.3 is 0 Å². The fraction of sp³-hybridized carbons (Fsp3) is 0.625. The molecular formula is C16H26N2O3. The van der Waals surface area contributed by atoms with E-state index in [1.807, 2.05) is 0 Å². The summed E-state index contributed by atoms with van der Waals surface area (Å²) in [4.78, 5) is 10.5. The van der Waals surface area contributed by atoms with Crippen LogP contribution in [-0.4, -0.2) is 18.1 Å². The van der Waals surface area contributed by atoms with Crippen molar-refractivity contribution in [3.05, 3.63) is 28.3 Å². The van der Waals surface area contributed by atoms with Gasteiger partial charge in [0.1, 0.15) is 5.75 Å². The molecule has 0 spiro atoms. The predicted molar refractivity (Wildman–Crippen MR) is 86.0 cm³/mol. The average molecular weight is 294 g/mol. The van der Waals surface area contributed by atoms with Crippen molar-refractivity contribution in [1.82, 2.24) is 0 Å². The molecule has 0 heterocycles. The highest BCUT2D eigenvalue weighted by Gasteiger charge is 2.17. The molecule has 0 aliphatic rings. The number of benzene rings is 1. The molecule has 5 nitrogen and oxygen atoms in total. The van der Waals surface area contributed by atoms with Gasteiger partial charge in [-0.3, -0.25) is 10.1 Å². The third-order valence-corrected chi connectivity index (χ3v) is 3.27. The van der Waals surface area contributed by atoms with E-state index in [2.05, 4.69) is 33.0 Å². The molecule has 0 bridgehead atoms. The molecular weight excluding hydrogens is 268 g/mol. The van der Waals surface area contributed by atoms with Crippen LogP contribution in [0.4, 0.5) is 11.4 Å². The minimum Gasteiger partial charge on any atom is -0.495 e. The van der Waals surface area contributed by atoms with E-state index in [0.29, 0.717) is 23.3 Å². The summed E-state index contributed by atoms with van der Waals surface area (Å²) >= 11 is 0. The Morgan fingerprint density at radius 1 is 1.19 bits per heavy atom. The molecule has 0 fully saturated rings. The number of anilines is 1. The lowest BCUT2D eigenvalue weighted by Gasteiger charge is -2.24. The van der Waals surface area contributed by atoms with Crippen molar-refractivity contribution in [2.45, 2.75) is 46.6 Å². The molecule has 0 amide bonds. The first-order valence-corrected chi connectivity index (χ1v) is 7.42. The first kappa shape index (κ1) is 17.3. The summed E-state index contributed by atoms with van der Waals surface area (Å²) in [5.41, 5.74) is 0.768. The van der Waals surface area contributed by atoms with E-state index < -0.39 is 0 Å². The zero-order valence-corrected chi connectivity index (χ0v) is 13.6. The Kier molecular flexibility index (Phi) is 6.46. The van der Waals surface area contributed by atoms with Crippen LogP contribution >= 0.6 is 0 Å². The molecule has 0 atom stereocenters. The lowest BCUT2D eigenvalue weighted by molar-refractivity contribution is -0.384. The maximum Gasteiger partial charge on any atom is 0.271 e. The van der Waals surface area contributed by atoms with Gasteiger partial charge in [-0.2, -0.15) is 0 Å². The van der Waals surface area contributed by atoms with Crippen LogP contribution in [0.2, 0.25) is 0 Å². The number of rotatable bonds is 8. The number of nitrogens with one attached hydrogen (secondary N) is 1. The Morgan fingerprint density at radius 2 is 1.76 bits per heavy atom. The third kappa shape index (κ3) is 5.61. The van der Waals surface area contributed by atoms with Crippen LogP contribution in [0.25, 0.3) is 0 Å². The molecule has 0 unspecified atom stereocenters. The SMILES string of the molecule is COc1ccc([N+](=O)[O-])cc1NC(CC(C)C)CC(C)C. The Morgan fingerprint density at radius 3 is 2.19 bits per heavy atom. The number of non-ortho nitro benzene ring substituents is 1. The molecule has 0 aliphatic heterocycles. The molecule has 1 aromatic carbocycles. The van der Waals surface area contributed by atoms with Crippen LogP contribution in [-0.2, 0) is 0 Å². The summed E-state index contributed by atoms with van der Waals surface area (Å²) in [7, 11) is 1.58. The second-order valence-corrected chi connectivity index (χ2v) is 6.24. The third-order valence-electron chi connectivity index (χ3n) is 3.27. The standard InChI is InChI=1S/C16H26N2O3/c1-11(2)8-13(9-12(3)4)17-15-10-14(18(19)20)6-7-16(15)21-5/h6-7,10-13,17H,8-9H2,1-5H3. The number of hydrogen-bond acceptors (Lipinski definition) is 4. The van der Waals surface area contributed by atoms with Crippen molar-refractivity contribution in [2.75, 3.05) is 12.4 Å². The van der Waals surface area contributed by atoms with Crippen molar-refractivity contribution in [2.24, 2.45) is 11.8 Å². The van der Waals surface area contributed by atoms with Gasteiger partial charge in [-0.1, -0.05) is 27.7 Å². The van der Waals surface area contributed by atoms with Crippen molar-refractivity contribution in [1.29, 1.82) is 0 Å². The molecule has 21 heavy (non-hydrogen) atoms. The molecule has 0 saturated heterocycles. The highest BCUT2D eigenvalue weighted by Crippen LogP contribution is 2.31. The number of ether oxygens (including phenoxy) is 1. The van der Waals surface area contributed by atoms with Crippen molar-refractivity contribution < 1.29 is 9.66 Å². The maximum absolute atomic E-state index is 10.9. The van der Waals surface area contributed by atoms with E-state index in [9.17, 15) is 10.1 Å². The van der Waals surface area contributed by atoms with Gasteiger partial charge in [0.25, 0.3) is 5.69 Å². The van der Waals surface area contributed by atoms with E-state index in [-0.39, 0.29) is 16.7 Å². The number of hydrogen-bond donors (Lipinski definition) is 1. The minimum atomic E-state index is -0.384. The van der Waals surface area contributed by atoms with Gasteiger partial charge in [0.15, 0.2) is 0 Å². The van der Waals surface area contributed by atoms with Crippen LogP contribution in [0.5, 0.6) is 5.75 Å². The van der Waals surface area contributed by atoms with Gasteiger partial charge in [-0.05, 0) is 30.7 Å². The zero-order valence-electron chi connectivity index (χ0n) is 13.6. The highest BCUT2D eigenvalue weighted by molar-refractivity contribution is 5.62. The van der Waals surface area contributed by atoms with E-state index in [0.717, 1.165) is 12.8 Å². The number of nitro groups is 1. The van der Waals surface area contributed by atoms with Crippen LogP contribution < -0.4 is 10.1 Å². The first-order valence-electron chi connectivity index (χ1n) is 7.42. The fourth-order valence-corrected chi connectivity index (χ4v) is 2.49. The van der Waals surface area contributed by atoms with E-state index in [1.165, 1.54) is 6.07 Å². The monoisotopic (exact) mass is 294 g/mol. The van der Waals surface area contributed by atoms with Crippen LogP contribution in [0.15, 0.2) is 18.2 Å². The maximum atomic E-state index is 10.9. The van der Waals surface area contributed by atoms with Crippen molar-refractivity contribution >= 4 is 11.4 Å². The number of nitrogens with zero attached hydrogens (tertiary/aromatic N) is 1. The Bertz CT molecular complexity index is 463. The minimum absolute atomic E-state index is 0.0751. The second kappa shape index (κ2) is 7.86. The van der Waals surface area contributed by atoms with Gasteiger partial charge in [0, 0.05) is 18.2 Å². The van der Waals surface area contributed by atoms with Crippen LogP contribution in [0, 0.1) is 22.0 Å². The normalized spacial score (nSPS) is 11.2. The van der Waals surface area contributed by atoms with E-state index in [4.69, 9.17) is 4.74 Å². The smallest absolute Gasteiger partial charge is 0.271 e. The fourth-order valence-electron chi connectivity index (χ4n) is 2.49. The topological polar surface area (TPSA) is 64.4 Å². The lowest BCUT2D eigenvalue weighted by Crippen LogP contribution is -2.24. The van der Waals surface area contributed by atoms with Crippen molar-refractivity contribution in [3.8, 4) is 5.75 Å². The summed E-state index contributed by atoms with van der Waals surface area (Å²) < 4.78 is 5.31. The summed E-state index contributed by atoms with van der Waals surface area (Å²) in [6.07, 6.45) is 2.04. The largest absolute Gasteiger partial charge is 0.495 e. The van der Waals surface area contributed by atoms with E-state index in [1.54, 1.807) is 19.2 Å². The van der Waals surface area contributed by atoms with Gasteiger partial charge in [0.2, 0.25) is 0 Å². The number of nitro benzene ring substituents is 1. The molecule has 0 saturated carbocycles. The molecule has 1 aromatic rings. The molecule has 0 aromatic heterocycles. The van der Waals surface area contributed by atoms with Crippen LogP contribution in [0.3, 0.4) is 0 Å². The molecule has 118 valence electrons. The van der Waals surface area contributed by atoms with Gasteiger partial charge in [0.05, 0.1) is 17.7 Å². The van der Waals surface area contributed by atoms with Gasteiger partial charge < -0.3 is 10.1 Å². The van der Waals surface area contributed by atoms with Crippen molar-refractivity contribution in [3.63, 3.8) is 0 Å². The second-order valence-electron chi connectivity index (χ2n) is 6.24. The quantitative estimate of drug-likeness (QED) is 0.567. The first-order chi connectivity index (χ1) is 9.83. The van der Waals surface area contributed by atoms with Crippen LogP contribution in [0.1, 0.15) is 40.5 Å². The summed E-state index contributed by atoms with van der Waals surface area (Å²) in [6.45, 7) is 8.72. The van der Waals surface area contributed by atoms with Gasteiger partial charge in [-0.15, -0.1) is 0 Å². The average Bonchev–Trinajstić information content (AvgIpc) is 2.36. The summed E-state index contributed by atoms with van der Waals surface area (Å²) in [5, 5.41) is 14.4. The Labute approximate surface area is 126 Å². The molecule has 1 rings (SSSR count). The molecule has 5 heteroatoms. The molecule has 1 N–H and O–H groups in total. The zero-order chi connectivity index (χ0) is 16.0. The summed E-state index contributed by atoms with van der Waals surface area (Å²) in [5.74, 6) is 1.76.